The summed E-state index contributed by atoms with van der Waals surface area (Å²) in [6, 6.07) is 9.83. The molecular formula is C28H33ClF2O4S. The molecule has 1 unspecified atom stereocenters. The minimum atomic E-state index is -0.681. The fraction of sp³-hybridized carbons (Fsp3) is 0.536. The average molecular weight is 539 g/mol. The number of benzene rings is 2. The van der Waals surface area contributed by atoms with Crippen LogP contribution in [-0.4, -0.2) is 42.9 Å². The molecule has 2 heterocycles. The van der Waals surface area contributed by atoms with Crippen molar-refractivity contribution >= 4 is 29.3 Å². The Morgan fingerprint density at radius 2 is 1.92 bits per heavy atom. The molecule has 4 atom stereocenters. The van der Waals surface area contributed by atoms with Crippen LogP contribution < -0.4 is 4.74 Å². The molecule has 0 bridgehead atoms. The van der Waals surface area contributed by atoms with Crippen LogP contribution in [0.3, 0.4) is 0 Å². The zero-order valence-electron chi connectivity index (χ0n) is 20.9. The maximum Gasteiger partial charge on any atom is 0.319 e. The third-order valence-corrected chi connectivity index (χ3v) is 9.08. The zero-order valence-corrected chi connectivity index (χ0v) is 22.5. The topological polar surface area (TPSA) is 44.8 Å². The van der Waals surface area contributed by atoms with Crippen molar-refractivity contribution in [2.75, 3.05) is 25.6 Å². The molecule has 196 valence electrons. The van der Waals surface area contributed by atoms with E-state index >= 15 is 4.39 Å². The van der Waals surface area contributed by atoms with Crippen molar-refractivity contribution in [3.8, 4) is 5.75 Å². The van der Waals surface area contributed by atoms with Crippen molar-refractivity contribution in [1.82, 2.24) is 0 Å². The normalized spacial score (nSPS) is 24.0. The molecule has 2 aromatic carbocycles. The van der Waals surface area contributed by atoms with Gasteiger partial charge < -0.3 is 14.2 Å². The van der Waals surface area contributed by atoms with Crippen LogP contribution in [0.15, 0.2) is 36.4 Å². The monoisotopic (exact) mass is 538 g/mol. The number of hydrogen-bond acceptors (Lipinski definition) is 5. The number of carbonyl (C=O) groups excluding carboxylic acids is 1. The number of halogens is 3. The van der Waals surface area contributed by atoms with Gasteiger partial charge in [-0.25, -0.2) is 8.78 Å². The van der Waals surface area contributed by atoms with Crippen molar-refractivity contribution in [1.29, 1.82) is 0 Å². The highest BCUT2D eigenvalue weighted by Gasteiger charge is 2.53. The highest BCUT2D eigenvalue weighted by Crippen LogP contribution is 2.53. The second kappa shape index (κ2) is 11.7. The van der Waals surface area contributed by atoms with E-state index in [1.807, 2.05) is 38.1 Å². The number of fused-ring (bicyclic) bond motifs is 3. The molecule has 4 rings (SSSR count). The Morgan fingerprint density at radius 1 is 1.19 bits per heavy atom. The summed E-state index contributed by atoms with van der Waals surface area (Å²) in [6.45, 7) is 6.84. The lowest BCUT2D eigenvalue weighted by atomic mass is 9.60. The molecule has 0 spiro atoms. The highest BCUT2D eigenvalue weighted by molar-refractivity contribution is 8.00. The van der Waals surface area contributed by atoms with Gasteiger partial charge in [0.05, 0.1) is 19.3 Å². The summed E-state index contributed by atoms with van der Waals surface area (Å²) >= 11 is 7.66. The molecule has 0 aliphatic carbocycles. The lowest BCUT2D eigenvalue weighted by Gasteiger charge is -2.51. The van der Waals surface area contributed by atoms with Gasteiger partial charge in [-0.2, -0.15) is 0 Å². The predicted octanol–water partition coefficient (Wildman–Crippen LogP) is 6.61. The van der Waals surface area contributed by atoms with Gasteiger partial charge in [-0.3, -0.25) is 4.79 Å². The number of carbonyl (C=O) groups is 1. The maximum absolute atomic E-state index is 15.4. The van der Waals surface area contributed by atoms with E-state index in [9.17, 15) is 9.18 Å². The van der Waals surface area contributed by atoms with Crippen molar-refractivity contribution in [3.05, 3.63) is 64.2 Å². The van der Waals surface area contributed by atoms with Crippen molar-refractivity contribution in [2.24, 2.45) is 11.8 Å². The van der Waals surface area contributed by atoms with Crippen LogP contribution >= 0.6 is 23.4 Å². The van der Waals surface area contributed by atoms with E-state index in [0.29, 0.717) is 48.8 Å². The van der Waals surface area contributed by atoms with Crippen LogP contribution in [0.5, 0.6) is 5.75 Å². The van der Waals surface area contributed by atoms with Crippen LogP contribution in [0.25, 0.3) is 0 Å². The smallest absolute Gasteiger partial charge is 0.319 e. The van der Waals surface area contributed by atoms with E-state index < -0.39 is 17.0 Å². The first-order valence-electron chi connectivity index (χ1n) is 12.5. The second-order valence-corrected chi connectivity index (χ2v) is 11.5. The molecule has 2 aliphatic heterocycles. The van der Waals surface area contributed by atoms with Crippen LogP contribution in [0, 0.1) is 23.5 Å². The van der Waals surface area contributed by atoms with Crippen LogP contribution in [0.1, 0.15) is 44.7 Å². The van der Waals surface area contributed by atoms with Gasteiger partial charge in [-0.05, 0) is 67.7 Å². The molecule has 0 radical (unpaired) electrons. The van der Waals surface area contributed by atoms with Gasteiger partial charge >= 0.3 is 5.97 Å². The lowest BCUT2D eigenvalue weighted by molar-refractivity contribution is -0.143. The number of hydrogen-bond donors (Lipinski definition) is 0. The Kier molecular flexibility index (Phi) is 8.84. The van der Waals surface area contributed by atoms with Gasteiger partial charge in [0.2, 0.25) is 0 Å². The summed E-state index contributed by atoms with van der Waals surface area (Å²) in [4.78, 5) is 12.4. The number of esters is 1. The average Bonchev–Trinajstić information content (AvgIpc) is 2.85. The summed E-state index contributed by atoms with van der Waals surface area (Å²) in [5.41, 5.74) is 0.624. The fourth-order valence-corrected chi connectivity index (χ4v) is 6.90. The molecule has 1 saturated heterocycles. The molecule has 4 nitrogen and oxygen atoms in total. The third-order valence-electron chi connectivity index (χ3n) is 7.26. The Hall–Kier alpha value is -1.83. The number of ether oxygens (including phenoxy) is 3. The van der Waals surface area contributed by atoms with E-state index in [4.69, 9.17) is 25.8 Å². The molecule has 1 fully saturated rings. The standard InChI is InChI=1S/C28H33ClF2O4S/c1-4-33-27(32)26(17(2)3)36-14-11-23-20-16-35-25-22(31)10-9-21(30)24(25)28(20,12-13-34-23)15-18-5-7-19(29)8-6-18/h5-10,17,20,23,26H,4,11-16H2,1-3H3/t20-,23-,26?,28-/m0/s1. The van der Waals surface area contributed by atoms with E-state index in [1.165, 1.54) is 6.07 Å². The van der Waals surface area contributed by atoms with Crippen LogP contribution in [-0.2, 0) is 26.1 Å². The minimum absolute atomic E-state index is 0.0115. The highest BCUT2D eigenvalue weighted by atomic mass is 35.5. The Morgan fingerprint density at radius 3 is 2.61 bits per heavy atom. The Balaban J connectivity index is 1.62. The molecule has 8 heteroatoms. The SMILES string of the molecule is CCOC(=O)C(SCC[C@@H]1OCC[C@@]2(Cc3ccc(Cl)cc3)c3c(F)ccc(F)c3OC[C@@H]12)C(C)C. The summed E-state index contributed by atoms with van der Waals surface area (Å²) in [6.07, 6.45) is 1.52. The fourth-order valence-electron chi connectivity index (χ4n) is 5.57. The lowest BCUT2D eigenvalue weighted by Crippen LogP contribution is -2.55. The molecule has 0 amide bonds. The van der Waals surface area contributed by atoms with E-state index in [0.717, 1.165) is 11.6 Å². The van der Waals surface area contributed by atoms with Crippen LogP contribution in [0.2, 0.25) is 5.02 Å². The van der Waals surface area contributed by atoms with E-state index in [2.05, 4.69) is 0 Å². The molecule has 0 aromatic heterocycles. The van der Waals surface area contributed by atoms with Gasteiger partial charge in [0.25, 0.3) is 0 Å². The molecule has 2 aliphatic rings. The van der Waals surface area contributed by atoms with Gasteiger partial charge in [0.1, 0.15) is 11.1 Å². The summed E-state index contributed by atoms with van der Waals surface area (Å²) < 4.78 is 47.5. The first-order valence-corrected chi connectivity index (χ1v) is 13.9. The molecule has 0 saturated carbocycles. The Bertz CT molecular complexity index is 1060. The number of thioether (sulfide) groups is 1. The predicted molar refractivity (Wildman–Crippen MR) is 139 cm³/mol. The summed E-state index contributed by atoms with van der Waals surface area (Å²) in [5, 5.41) is 0.364. The van der Waals surface area contributed by atoms with E-state index in [-0.39, 0.29) is 41.5 Å². The van der Waals surface area contributed by atoms with E-state index in [1.54, 1.807) is 18.7 Å². The van der Waals surface area contributed by atoms with Crippen molar-refractivity contribution in [2.45, 2.75) is 56.8 Å². The zero-order chi connectivity index (χ0) is 25.9. The summed E-state index contributed by atoms with van der Waals surface area (Å²) in [7, 11) is 0. The van der Waals surface area contributed by atoms with Crippen molar-refractivity contribution < 1.29 is 27.8 Å². The largest absolute Gasteiger partial charge is 0.490 e. The first-order chi connectivity index (χ1) is 17.3. The third kappa shape index (κ3) is 5.53. The van der Waals surface area contributed by atoms with Gasteiger partial charge in [-0.1, -0.05) is 37.6 Å². The maximum atomic E-state index is 15.4. The quantitative estimate of drug-likeness (QED) is 0.336. The molecule has 0 N–H and O–H groups in total. The molecule has 36 heavy (non-hydrogen) atoms. The van der Waals surface area contributed by atoms with Gasteiger partial charge in [-0.15, -0.1) is 11.8 Å². The minimum Gasteiger partial charge on any atom is -0.490 e. The summed E-state index contributed by atoms with van der Waals surface area (Å²) in [5.74, 6) is -0.559. The van der Waals surface area contributed by atoms with Gasteiger partial charge in [0.15, 0.2) is 11.6 Å². The first kappa shape index (κ1) is 27.2. The molecule has 2 aromatic rings. The second-order valence-electron chi connectivity index (χ2n) is 9.85. The van der Waals surface area contributed by atoms with Crippen molar-refractivity contribution in [3.63, 3.8) is 0 Å². The Labute approximate surface area is 221 Å². The number of rotatable bonds is 9. The van der Waals surface area contributed by atoms with Crippen LogP contribution in [0.4, 0.5) is 8.78 Å². The van der Waals surface area contributed by atoms with Gasteiger partial charge in [0, 0.05) is 28.5 Å². The molecular weight excluding hydrogens is 506 g/mol.